The molecule has 2 amide bonds. The zero-order valence-electron chi connectivity index (χ0n) is 13.9. The zero-order valence-corrected chi connectivity index (χ0v) is 13.9. The monoisotopic (exact) mass is 340 g/mol. The van der Waals surface area contributed by atoms with Crippen LogP contribution in [-0.4, -0.2) is 34.4 Å². The molecule has 0 fully saturated rings. The lowest BCUT2D eigenvalue weighted by Gasteiger charge is -2.13. The normalized spacial score (nSPS) is 12.1. The van der Waals surface area contributed by atoms with E-state index in [1.54, 1.807) is 6.92 Å². The van der Waals surface area contributed by atoms with Crippen LogP contribution in [0.3, 0.4) is 0 Å². The molecule has 0 spiro atoms. The van der Waals surface area contributed by atoms with Crippen molar-refractivity contribution in [3.05, 3.63) is 59.7 Å². The lowest BCUT2D eigenvalue weighted by Crippen LogP contribution is -2.38. The van der Waals surface area contributed by atoms with Crippen LogP contribution in [0.5, 0.6) is 0 Å². The number of urea groups is 1. The van der Waals surface area contributed by atoms with E-state index < -0.39 is 6.10 Å². The highest BCUT2D eigenvalue weighted by atomic mass is 16.5. The molecule has 25 heavy (non-hydrogen) atoms. The molecule has 0 aliphatic carbocycles. The van der Waals surface area contributed by atoms with Crippen LogP contribution in [0.1, 0.15) is 23.4 Å². The van der Waals surface area contributed by atoms with E-state index in [9.17, 15) is 9.90 Å². The Labute approximate surface area is 145 Å². The van der Waals surface area contributed by atoms with Crippen molar-refractivity contribution in [2.75, 3.05) is 13.1 Å². The smallest absolute Gasteiger partial charge is 0.314 e. The van der Waals surface area contributed by atoms with Gasteiger partial charge >= 0.3 is 6.03 Å². The summed E-state index contributed by atoms with van der Waals surface area (Å²) in [5, 5.41) is 21.4. The molecular formula is C18H20N4O3. The third-order valence-corrected chi connectivity index (χ3v) is 3.81. The summed E-state index contributed by atoms with van der Waals surface area (Å²) in [6.07, 6.45) is -0.310. The molecule has 0 bridgehead atoms. The minimum Gasteiger partial charge on any atom is -0.387 e. The molecule has 0 saturated carbocycles. The summed E-state index contributed by atoms with van der Waals surface area (Å²) in [6, 6.07) is 13.3. The summed E-state index contributed by atoms with van der Waals surface area (Å²) in [5.41, 5.74) is 0.764. The Morgan fingerprint density at radius 1 is 1.20 bits per heavy atom. The Morgan fingerprint density at radius 2 is 2.00 bits per heavy atom. The molecule has 7 nitrogen and oxygen atoms in total. The SMILES string of the molecule is Cc1noc(CCNC(=O)NCC(O)c2ccc3ccccc3c2)n1. The van der Waals surface area contributed by atoms with Gasteiger partial charge in [-0.25, -0.2) is 4.79 Å². The fourth-order valence-corrected chi connectivity index (χ4v) is 2.51. The Morgan fingerprint density at radius 3 is 2.76 bits per heavy atom. The standard InChI is InChI=1S/C18H20N4O3/c1-12-21-17(25-22-12)8-9-19-18(24)20-11-16(23)15-7-6-13-4-2-3-5-14(13)10-15/h2-7,10,16,23H,8-9,11H2,1H3,(H2,19,20,24). The molecule has 1 unspecified atom stereocenters. The van der Waals surface area contributed by atoms with Crippen LogP contribution < -0.4 is 10.6 Å². The number of carbonyl (C=O) groups excluding carboxylic acids is 1. The zero-order chi connectivity index (χ0) is 17.6. The highest BCUT2D eigenvalue weighted by Gasteiger charge is 2.10. The molecule has 0 saturated heterocycles. The molecule has 3 rings (SSSR count). The number of fused-ring (bicyclic) bond motifs is 1. The van der Waals surface area contributed by atoms with Crippen molar-refractivity contribution in [2.45, 2.75) is 19.4 Å². The predicted octanol–water partition coefficient (Wildman–Crippen LogP) is 2.11. The third-order valence-electron chi connectivity index (χ3n) is 3.81. The largest absolute Gasteiger partial charge is 0.387 e. The van der Waals surface area contributed by atoms with Crippen LogP contribution in [0.4, 0.5) is 4.79 Å². The Balaban J connectivity index is 1.45. The van der Waals surface area contributed by atoms with E-state index in [0.29, 0.717) is 24.7 Å². The lowest BCUT2D eigenvalue weighted by molar-refractivity contribution is 0.173. The number of aliphatic hydroxyl groups is 1. The number of nitrogens with one attached hydrogen (secondary N) is 2. The number of benzene rings is 2. The van der Waals surface area contributed by atoms with Gasteiger partial charge in [0, 0.05) is 19.5 Å². The molecule has 130 valence electrons. The average molecular weight is 340 g/mol. The fraction of sp³-hybridized carbons (Fsp3) is 0.278. The number of aliphatic hydroxyl groups excluding tert-OH is 1. The van der Waals surface area contributed by atoms with Crippen molar-refractivity contribution in [1.29, 1.82) is 0 Å². The van der Waals surface area contributed by atoms with Gasteiger partial charge in [-0.2, -0.15) is 4.98 Å². The lowest BCUT2D eigenvalue weighted by atomic mass is 10.0. The molecule has 0 radical (unpaired) electrons. The van der Waals surface area contributed by atoms with Crippen molar-refractivity contribution >= 4 is 16.8 Å². The van der Waals surface area contributed by atoms with Gasteiger partial charge in [-0.1, -0.05) is 41.6 Å². The van der Waals surface area contributed by atoms with Gasteiger partial charge in [0.05, 0.1) is 6.10 Å². The van der Waals surface area contributed by atoms with Gasteiger partial charge < -0.3 is 20.3 Å². The van der Waals surface area contributed by atoms with Gasteiger partial charge in [-0.15, -0.1) is 0 Å². The summed E-state index contributed by atoms with van der Waals surface area (Å²) in [4.78, 5) is 15.8. The van der Waals surface area contributed by atoms with Gasteiger partial charge in [0.1, 0.15) is 0 Å². The van der Waals surface area contributed by atoms with E-state index >= 15 is 0 Å². The topological polar surface area (TPSA) is 100 Å². The summed E-state index contributed by atoms with van der Waals surface area (Å²) in [6.45, 7) is 2.24. The molecule has 1 aromatic heterocycles. The van der Waals surface area contributed by atoms with Crippen molar-refractivity contribution in [3.8, 4) is 0 Å². The Hall–Kier alpha value is -2.93. The van der Waals surface area contributed by atoms with Crippen molar-refractivity contribution in [2.24, 2.45) is 0 Å². The highest BCUT2D eigenvalue weighted by molar-refractivity contribution is 5.83. The maximum Gasteiger partial charge on any atom is 0.314 e. The number of rotatable bonds is 6. The summed E-state index contributed by atoms with van der Waals surface area (Å²) >= 11 is 0. The van der Waals surface area contributed by atoms with E-state index in [2.05, 4.69) is 20.8 Å². The van der Waals surface area contributed by atoms with Crippen LogP contribution in [0.15, 0.2) is 47.0 Å². The van der Waals surface area contributed by atoms with Gasteiger partial charge in [0.25, 0.3) is 0 Å². The highest BCUT2D eigenvalue weighted by Crippen LogP contribution is 2.19. The van der Waals surface area contributed by atoms with Crippen LogP contribution in [0, 0.1) is 6.92 Å². The first kappa shape index (κ1) is 16.9. The van der Waals surface area contributed by atoms with Gasteiger partial charge in [-0.3, -0.25) is 0 Å². The summed E-state index contributed by atoms with van der Waals surface area (Å²) in [5.74, 6) is 1.05. The summed E-state index contributed by atoms with van der Waals surface area (Å²) < 4.78 is 4.96. The van der Waals surface area contributed by atoms with Crippen molar-refractivity contribution in [3.63, 3.8) is 0 Å². The first-order valence-electron chi connectivity index (χ1n) is 8.09. The molecule has 0 aliphatic heterocycles. The predicted molar refractivity (Wildman–Crippen MR) is 93.0 cm³/mol. The van der Waals surface area contributed by atoms with Crippen LogP contribution in [-0.2, 0) is 6.42 Å². The third kappa shape index (κ3) is 4.54. The quantitative estimate of drug-likeness (QED) is 0.638. The number of hydrogen-bond acceptors (Lipinski definition) is 5. The molecule has 1 heterocycles. The van der Waals surface area contributed by atoms with Crippen molar-refractivity contribution < 1.29 is 14.4 Å². The molecule has 3 N–H and O–H groups in total. The van der Waals surface area contributed by atoms with Crippen LogP contribution in [0.2, 0.25) is 0 Å². The first-order valence-corrected chi connectivity index (χ1v) is 8.09. The second-order valence-electron chi connectivity index (χ2n) is 5.74. The first-order chi connectivity index (χ1) is 12.1. The fourth-order valence-electron chi connectivity index (χ4n) is 2.51. The summed E-state index contributed by atoms with van der Waals surface area (Å²) in [7, 11) is 0. The van der Waals surface area contributed by atoms with E-state index in [4.69, 9.17) is 4.52 Å². The number of amides is 2. The average Bonchev–Trinajstić information content (AvgIpc) is 3.04. The molecule has 3 aromatic rings. The maximum absolute atomic E-state index is 11.8. The van der Waals surface area contributed by atoms with Gasteiger partial charge in [0.15, 0.2) is 5.82 Å². The van der Waals surface area contributed by atoms with Crippen LogP contribution >= 0.6 is 0 Å². The maximum atomic E-state index is 11.8. The van der Waals surface area contributed by atoms with E-state index in [0.717, 1.165) is 16.3 Å². The number of carbonyl (C=O) groups is 1. The van der Waals surface area contributed by atoms with Gasteiger partial charge in [-0.05, 0) is 29.3 Å². The molecular weight excluding hydrogens is 320 g/mol. The minimum atomic E-state index is -0.769. The van der Waals surface area contributed by atoms with Crippen LogP contribution in [0.25, 0.3) is 10.8 Å². The Bertz CT molecular complexity index is 862. The number of aryl methyl sites for hydroxylation is 1. The second kappa shape index (κ2) is 7.76. The van der Waals surface area contributed by atoms with E-state index in [1.807, 2.05) is 42.5 Å². The minimum absolute atomic E-state index is 0.129. The van der Waals surface area contributed by atoms with E-state index in [1.165, 1.54) is 0 Å². The molecule has 2 aromatic carbocycles. The van der Waals surface area contributed by atoms with E-state index in [-0.39, 0.29) is 12.6 Å². The number of hydrogen-bond donors (Lipinski definition) is 3. The molecule has 1 atom stereocenters. The number of nitrogens with zero attached hydrogens (tertiary/aromatic N) is 2. The Kier molecular flexibility index (Phi) is 5.25. The van der Waals surface area contributed by atoms with Crippen molar-refractivity contribution in [1.82, 2.24) is 20.8 Å². The number of aromatic nitrogens is 2. The molecule has 0 aliphatic rings. The second-order valence-corrected chi connectivity index (χ2v) is 5.74. The molecule has 7 heteroatoms. The van der Waals surface area contributed by atoms with Gasteiger partial charge in [0.2, 0.25) is 5.89 Å².